The molecule has 0 atom stereocenters. The summed E-state index contributed by atoms with van der Waals surface area (Å²) in [5.74, 6) is -1.97. The van der Waals surface area contributed by atoms with E-state index in [9.17, 15) is 13.6 Å². The first-order chi connectivity index (χ1) is 15.4. The van der Waals surface area contributed by atoms with Crippen molar-refractivity contribution in [3.63, 3.8) is 0 Å². The van der Waals surface area contributed by atoms with Crippen molar-refractivity contribution in [1.82, 2.24) is 45.5 Å². The normalized spacial score (nSPS) is 11.3. The van der Waals surface area contributed by atoms with E-state index in [1.807, 2.05) is 0 Å². The lowest BCUT2D eigenvalue weighted by Gasteiger charge is -2.05. The van der Waals surface area contributed by atoms with Gasteiger partial charge in [-0.2, -0.15) is 9.78 Å². The fourth-order valence-electron chi connectivity index (χ4n) is 2.48. The molecule has 3 aromatic heterocycles. The molecule has 0 unspecified atom stereocenters. The van der Waals surface area contributed by atoms with Gasteiger partial charge in [-0.15, -0.1) is 15.3 Å². The maximum atomic E-state index is 13.7. The summed E-state index contributed by atoms with van der Waals surface area (Å²) in [5.41, 5.74) is 7.96. The van der Waals surface area contributed by atoms with E-state index in [0.29, 0.717) is 5.16 Å². The van der Waals surface area contributed by atoms with Gasteiger partial charge in [-0.3, -0.25) is 4.79 Å². The second-order valence-corrected chi connectivity index (χ2v) is 7.09. The second-order valence-electron chi connectivity index (χ2n) is 6.15. The van der Waals surface area contributed by atoms with Crippen LogP contribution in [0.3, 0.4) is 0 Å². The zero-order chi connectivity index (χ0) is 22.7. The van der Waals surface area contributed by atoms with Crippen LogP contribution in [-0.4, -0.2) is 52.2 Å². The maximum Gasteiger partial charge on any atom is 0.293 e. The average molecular weight is 461 g/mol. The van der Waals surface area contributed by atoms with Gasteiger partial charge in [0.25, 0.3) is 5.91 Å². The van der Waals surface area contributed by atoms with Crippen LogP contribution in [0.2, 0.25) is 0 Å². The van der Waals surface area contributed by atoms with Gasteiger partial charge in [-0.25, -0.2) is 18.8 Å². The summed E-state index contributed by atoms with van der Waals surface area (Å²) in [5, 5.41) is 26.9. The van der Waals surface area contributed by atoms with Crippen LogP contribution in [0.4, 0.5) is 14.6 Å². The molecule has 4 aromatic rings. The number of aromatic nitrogens is 8. The van der Waals surface area contributed by atoms with Gasteiger partial charge in [0.2, 0.25) is 11.6 Å². The Hall–Kier alpha value is -4.21. The minimum Gasteiger partial charge on any atom is -0.378 e. The Kier molecular flexibility index (Phi) is 5.84. The number of hydrazone groups is 1. The largest absolute Gasteiger partial charge is 0.378 e. The third kappa shape index (κ3) is 4.29. The van der Waals surface area contributed by atoms with Gasteiger partial charge >= 0.3 is 0 Å². The van der Waals surface area contributed by atoms with Crippen molar-refractivity contribution in [3.05, 3.63) is 53.1 Å². The van der Waals surface area contributed by atoms with Crippen LogP contribution in [0, 0.1) is 11.6 Å². The van der Waals surface area contributed by atoms with Crippen LogP contribution in [0.1, 0.15) is 21.7 Å². The Bertz CT molecular complexity index is 1300. The third-order valence-electron chi connectivity index (χ3n) is 4.01. The lowest BCUT2D eigenvalue weighted by Crippen LogP contribution is -2.20. The summed E-state index contributed by atoms with van der Waals surface area (Å²) in [7, 11) is 1.76. The van der Waals surface area contributed by atoms with E-state index in [4.69, 9.17) is 5.73 Å². The molecular formula is C16H13F2N11O2S. The predicted molar refractivity (Wildman–Crippen MR) is 106 cm³/mol. The minimum absolute atomic E-state index is 0.0375. The average Bonchev–Trinajstić information content (AvgIpc) is 3.48. The molecule has 0 spiro atoms. The maximum absolute atomic E-state index is 13.7. The van der Waals surface area contributed by atoms with Gasteiger partial charge in [-0.05, 0) is 28.5 Å². The van der Waals surface area contributed by atoms with E-state index >= 15 is 0 Å². The summed E-state index contributed by atoms with van der Waals surface area (Å²) < 4.78 is 34.4. The fourth-order valence-corrected chi connectivity index (χ4v) is 3.36. The first-order valence-corrected chi connectivity index (χ1v) is 9.71. The number of nitrogens with two attached hydrogens (primary N) is 1. The van der Waals surface area contributed by atoms with Crippen LogP contribution in [0.5, 0.6) is 0 Å². The molecule has 16 heteroatoms. The number of anilines is 1. The summed E-state index contributed by atoms with van der Waals surface area (Å²) in [4.78, 5) is 12.7. The zero-order valence-corrected chi connectivity index (χ0v) is 17.0. The van der Waals surface area contributed by atoms with Crippen molar-refractivity contribution in [2.75, 3.05) is 5.73 Å². The van der Waals surface area contributed by atoms with Crippen LogP contribution in [0.15, 0.2) is 39.4 Å². The highest BCUT2D eigenvalue weighted by molar-refractivity contribution is 7.98. The molecule has 0 aliphatic carbocycles. The molecule has 4 rings (SSSR count). The van der Waals surface area contributed by atoms with Crippen molar-refractivity contribution in [2.24, 2.45) is 12.1 Å². The molecule has 0 radical (unpaired) electrons. The monoisotopic (exact) mass is 461 g/mol. The highest BCUT2D eigenvalue weighted by Gasteiger charge is 2.24. The fraction of sp³-hybridized carbons (Fsp3) is 0.125. The van der Waals surface area contributed by atoms with Crippen LogP contribution >= 0.6 is 11.8 Å². The van der Waals surface area contributed by atoms with Gasteiger partial charge in [0.15, 0.2) is 10.9 Å². The number of nitrogen functional groups attached to an aromatic ring is 1. The quantitative estimate of drug-likeness (QED) is 0.227. The first-order valence-electron chi connectivity index (χ1n) is 8.72. The topological polar surface area (TPSA) is 168 Å². The number of nitrogens with zero attached hydrogens (tertiary/aromatic N) is 9. The van der Waals surface area contributed by atoms with Crippen molar-refractivity contribution >= 4 is 29.7 Å². The zero-order valence-electron chi connectivity index (χ0n) is 16.2. The van der Waals surface area contributed by atoms with E-state index in [0.717, 1.165) is 24.4 Å². The van der Waals surface area contributed by atoms with Crippen molar-refractivity contribution in [2.45, 2.75) is 10.9 Å². The molecule has 0 aliphatic heterocycles. The molecule has 0 aliphatic rings. The molecule has 3 N–H and O–H groups in total. The molecule has 1 amide bonds. The summed E-state index contributed by atoms with van der Waals surface area (Å²) in [6.07, 6.45) is 2.49. The number of amides is 1. The van der Waals surface area contributed by atoms with E-state index in [-0.39, 0.29) is 34.3 Å². The number of nitrogens with one attached hydrogen (secondary N) is 1. The van der Waals surface area contributed by atoms with Gasteiger partial charge in [0.1, 0.15) is 18.0 Å². The molecule has 1 aromatic carbocycles. The number of carbonyl (C=O) groups excluding carboxylic acids is 1. The van der Waals surface area contributed by atoms with E-state index in [1.165, 1.54) is 22.8 Å². The number of thioether (sulfide) groups is 1. The van der Waals surface area contributed by atoms with Crippen molar-refractivity contribution < 1.29 is 18.2 Å². The molecule has 0 bridgehead atoms. The third-order valence-corrected chi connectivity index (χ3v) is 5.06. The highest BCUT2D eigenvalue weighted by Crippen LogP contribution is 2.24. The van der Waals surface area contributed by atoms with Crippen molar-refractivity contribution in [1.29, 1.82) is 0 Å². The molecule has 0 saturated heterocycles. The van der Waals surface area contributed by atoms with Gasteiger partial charge in [0.05, 0.1) is 11.9 Å². The number of hydrogen-bond donors (Lipinski definition) is 2. The van der Waals surface area contributed by atoms with Gasteiger partial charge in [0, 0.05) is 18.4 Å². The lowest BCUT2D eigenvalue weighted by atomic mass is 10.2. The number of halogens is 2. The summed E-state index contributed by atoms with van der Waals surface area (Å²) >= 11 is 1.24. The Morgan fingerprint density at radius 3 is 2.91 bits per heavy atom. The minimum atomic E-state index is -0.757. The molecule has 3 heterocycles. The Balaban J connectivity index is 1.59. The predicted octanol–water partition coefficient (Wildman–Crippen LogP) is 0.695. The number of aryl methyl sites for hydroxylation is 1. The first kappa shape index (κ1) is 21.0. The molecule has 32 heavy (non-hydrogen) atoms. The molecule has 13 nitrogen and oxygen atoms in total. The van der Waals surface area contributed by atoms with Gasteiger partial charge < -0.3 is 10.3 Å². The standard InChI is InChI=1S/C16H13F2N11O2S/c1-28-7-21-24-16(28)32-6-11-12(22-27-29(11)14-13(19)25-31-26-14)15(30)23-20-5-8-4-9(17)2-3-10(8)18/h2-5,7H,6H2,1H3,(H2,19,25)(H,23,30). The lowest BCUT2D eigenvalue weighted by molar-refractivity contribution is 0.0949. The van der Waals surface area contributed by atoms with Crippen LogP contribution < -0.4 is 11.2 Å². The SMILES string of the molecule is Cn1cnnc1SCc1c(C(=O)NN=Cc2cc(F)ccc2F)nnn1-c1nonc1N. The smallest absolute Gasteiger partial charge is 0.293 e. The van der Waals surface area contributed by atoms with Crippen LogP contribution in [-0.2, 0) is 12.8 Å². The Morgan fingerprint density at radius 2 is 2.19 bits per heavy atom. The van der Waals surface area contributed by atoms with Crippen molar-refractivity contribution in [3.8, 4) is 5.82 Å². The number of hydrogen-bond acceptors (Lipinski definition) is 11. The van der Waals surface area contributed by atoms with Gasteiger partial charge in [-0.1, -0.05) is 17.0 Å². The molecule has 164 valence electrons. The number of rotatable bonds is 7. The van der Waals surface area contributed by atoms with E-state index < -0.39 is 17.5 Å². The summed E-state index contributed by atoms with van der Waals surface area (Å²) in [6, 6.07) is 2.85. The summed E-state index contributed by atoms with van der Waals surface area (Å²) in [6.45, 7) is 0. The molecular weight excluding hydrogens is 448 g/mol. The second kappa shape index (κ2) is 8.88. The van der Waals surface area contributed by atoms with E-state index in [2.05, 4.69) is 46.0 Å². The van der Waals surface area contributed by atoms with Crippen LogP contribution in [0.25, 0.3) is 5.82 Å². The van der Waals surface area contributed by atoms with E-state index in [1.54, 1.807) is 11.6 Å². The Morgan fingerprint density at radius 1 is 1.34 bits per heavy atom. The number of benzene rings is 1. The molecule has 0 fully saturated rings. The molecule has 0 saturated carbocycles. The highest BCUT2D eigenvalue weighted by atomic mass is 32.2. The number of carbonyl (C=O) groups is 1. The Labute approximate surface area is 181 Å².